The van der Waals surface area contributed by atoms with E-state index < -0.39 is 0 Å². The predicted octanol–water partition coefficient (Wildman–Crippen LogP) is 3.41. The van der Waals surface area contributed by atoms with Crippen LogP contribution in [0.4, 0.5) is 0 Å². The number of hydrogen-bond donors (Lipinski definition) is 1. The van der Waals surface area contributed by atoms with Gasteiger partial charge < -0.3 is 14.7 Å². The van der Waals surface area contributed by atoms with E-state index in [9.17, 15) is 0 Å². The van der Waals surface area contributed by atoms with E-state index in [-0.39, 0.29) is 0 Å². The molecule has 142 valence electrons. The second-order valence-electron chi connectivity index (χ2n) is 6.74. The molecule has 0 aromatic carbocycles. The lowest BCUT2D eigenvalue weighted by Gasteiger charge is -2.36. The van der Waals surface area contributed by atoms with E-state index in [4.69, 9.17) is 16.1 Å². The third kappa shape index (κ3) is 4.99. The summed E-state index contributed by atoms with van der Waals surface area (Å²) in [6.07, 6.45) is 0. The number of aliphatic imine (C=N–C) groups is 1. The topological polar surface area (TPSA) is 56.9 Å². The van der Waals surface area contributed by atoms with Crippen molar-refractivity contribution in [2.45, 2.75) is 32.9 Å². The number of aromatic nitrogens is 1. The van der Waals surface area contributed by atoms with Crippen molar-refractivity contribution in [1.29, 1.82) is 0 Å². The first kappa shape index (κ1) is 19.2. The normalized spacial score (nSPS) is 16.5. The van der Waals surface area contributed by atoms with Gasteiger partial charge in [-0.1, -0.05) is 30.6 Å². The molecule has 0 amide bonds. The van der Waals surface area contributed by atoms with Crippen LogP contribution in [0.5, 0.6) is 0 Å². The molecular formula is C18H26ClN5OS. The third-order valence-corrected chi connectivity index (χ3v) is 5.70. The van der Waals surface area contributed by atoms with Crippen LogP contribution in [0.25, 0.3) is 0 Å². The highest BCUT2D eigenvalue weighted by Crippen LogP contribution is 2.23. The summed E-state index contributed by atoms with van der Waals surface area (Å²) >= 11 is 7.68. The van der Waals surface area contributed by atoms with E-state index in [1.165, 1.54) is 4.88 Å². The third-order valence-electron chi connectivity index (χ3n) is 4.48. The summed E-state index contributed by atoms with van der Waals surface area (Å²) in [4.78, 5) is 10.5. The Hall–Kier alpha value is -1.57. The molecule has 6 nitrogen and oxygen atoms in total. The van der Waals surface area contributed by atoms with Gasteiger partial charge in [-0.3, -0.25) is 9.89 Å². The summed E-state index contributed by atoms with van der Waals surface area (Å²) < 4.78 is 6.25. The molecule has 0 radical (unpaired) electrons. The van der Waals surface area contributed by atoms with Crippen LogP contribution in [0.15, 0.2) is 27.7 Å². The van der Waals surface area contributed by atoms with Gasteiger partial charge in [0, 0.05) is 50.7 Å². The van der Waals surface area contributed by atoms with E-state index in [2.05, 4.69) is 45.2 Å². The van der Waals surface area contributed by atoms with E-state index >= 15 is 0 Å². The number of halogens is 1. The van der Waals surface area contributed by atoms with Crippen LogP contribution in [0.3, 0.4) is 0 Å². The standard InChI is InChI=1S/C18H26ClN5OS/c1-13(2)16-10-14(25-22-16)11-21-18(20-3)24-8-6-23(7-9-24)12-15-4-5-17(19)26-15/h4-5,10,13H,6-9,11-12H2,1-3H3,(H,20,21). The SMILES string of the molecule is CN=C(NCc1cc(C(C)C)no1)N1CCN(Cc2ccc(Cl)s2)CC1. The van der Waals surface area contributed by atoms with Gasteiger partial charge >= 0.3 is 0 Å². The minimum Gasteiger partial charge on any atom is -0.359 e. The number of thiophene rings is 1. The van der Waals surface area contributed by atoms with E-state index in [1.807, 2.05) is 19.2 Å². The molecule has 1 N–H and O–H groups in total. The van der Waals surface area contributed by atoms with Crippen molar-refractivity contribution in [2.75, 3.05) is 33.2 Å². The molecule has 3 rings (SSSR count). The number of nitrogens with zero attached hydrogens (tertiary/aromatic N) is 4. The maximum absolute atomic E-state index is 6.02. The smallest absolute Gasteiger partial charge is 0.194 e. The fourth-order valence-corrected chi connectivity index (χ4v) is 4.09. The molecule has 0 saturated carbocycles. The summed E-state index contributed by atoms with van der Waals surface area (Å²) in [6.45, 7) is 9.70. The maximum Gasteiger partial charge on any atom is 0.194 e. The highest BCUT2D eigenvalue weighted by atomic mass is 35.5. The Balaban J connectivity index is 1.47. The highest BCUT2D eigenvalue weighted by Gasteiger charge is 2.20. The van der Waals surface area contributed by atoms with Gasteiger partial charge in [0.05, 0.1) is 16.6 Å². The lowest BCUT2D eigenvalue weighted by atomic mass is 10.1. The molecule has 8 heteroatoms. The van der Waals surface area contributed by atoms with Crippen molar-refractivity contribution in [3.8, 4) is 0 Å². The van der Waals surface area contributed by atoms with Gasteiger partial charge in [0.1, 0.15) is 0 Å². The number of rotatable bonds is 5. The molecule has 0 unspecified atom stereocenters. The Morgan fingerprint density at radius 1 is 1.35 bits per heavy atom. The Kier molecular flexibility index (Phi) is 6.56. The largest absolute Gasteiger partial charge is 0.359 e. The Labute approximate surface area is 163 Å². The molecule has 0 atom stereocenters. The number of piperazine rings is 1. The Morgan fingerprint density at radius 2 is 2.12 bits per heavy atom. The summed E-state index contributed by atoms with van der Waals surface area (Å²) in [5.74, 6) is 2.12. The molecular weight excluding hydrogens is 370 g/mol. The lowest BCUT2D eigenvalue weighted by molar-refractivity contribution is 0.173. The number of nitrogens with one attached hydrogen (secondary N) is 1. The molecule has 1 fully saturated rings. The van der Waals surface area contributed by atoms with Gasteiger partial charge in [-0.2, -0.15) is 0 Å². The summed E-state index contributed by atoms with van der Waals surface area (Å²) in [5.41, 5.74) is 0.985. The van der Waals surface area contributed by atoms with Crippen molar-refractivity contribution < 1.29 is 4.52 Å². The van der Waals surface area contributed by atoms with Crippen LogP contribution in [0.2, 0.25) is 4.34 Å². The zero-order valence-electron chi connectivity index (χ0n) is 15.5. The fourth-order valence-electron chi connectivity index (χ4n) is 2.96. The maximum atomic E-state index is 6.02. The van der Waals surface area contributed by atoms with E-state index in [1.54, 1.807) is 11.3 Å². The molecule has 2 aromatic rings. The van der Waals surface area contributed by atoms with Crippen molar-refractivity contribution >= 4 is 28.9 Å². The van der Waals surface area contributed by atoms with Crippen molar-refractivity contribution in [1.82, 2.24) is 20.3 Å². The molecule has 0 bridgehead atoms. The van der Waals surface area contributed by atoms with Crippen LogP contribution < -0.4 is 5.32 Å². The Morgan fingerprint density at radius 3 is 2.69 bits per heavy atom. The second kappa shape index (κ2) is 8.88. The highest BCUT2D eigenvalue weighted by molar-refractivity contribution is 7.16. The summed E-state index contributed by atoms with van der Waals surface area (Å²) in [6, 6.07) is 6.09. The van der Waals surface area contributed by atoms with Crippen LogP contribution in [0, 0.1) is 0 Å². The number of hydrogen-bond acceptors (Lipinski definition) is 5. The van der Waals surface area contributed by atoms with Gasteiger partial charge in [0.15, 0.2) is 11.7 Å². The first-order chi connectivity index (χ1) is 12.5. The molecule has 0 aliphatic carbocycles. The van der Waals surface area contributed by atoms with E-state index in [0.717, 1.165) is 54.5 Å². The van der Waals surface area contributed by atoms with Crippen LogP contribution in [-0.4, -0.2) is 54.1 Å². The van der Waals surface area contributed by atoms with Gasteiger partial charge in [-0.15, -0.1) is 11.3 Å². The van der Waals surface area contributed by atoms with Gasteiger partial charge in [0.2, 0.25) is 0 Å². The van der Waals surface area contributed by atoms with Crippen molar-refractivity contribution in [3.05, 3.63) is 38.9 Å². The predicted molar refractivity (Wildman–Crippen MR) is 107 cm³/mol. The molecule has 1 aliphatic rings. The van der Waals surface area contributed by atoms with Gasteiger partial charge in [0.25, 0.3) is 0 Å². The zero-order valence-corrected chi connectivity index (χ0v) is 17.1. The minimum atomic E-state index is 0.373. The van der Waals surface area contributed by atoms with Crippen molar-refractivity contribution in [3.63, 3.8) is 0 Å². The summed E-state index contributed by atoms with van der Waals surface area (Å²) in [5, 5.41) is 7.48. The molecule has 26 heavy (non-hydrogen) atoms. The number of guanidine groups is 1. The average molecular weight is 396 g/mol. The van der Waals surface area contributed by atoms with Gasteiger partial charge in [-0.05, 0) is 18.1 Å². The fraction of sp³-hybridized carbons (Fsp3) is 0.556. The minimum absolute atomic E-state index is 0.373. The monoisotopic (exact) mass is 395 g/mol. The lowest BCUT2D eigenvalue weighted by Crippen LogP contribution is -2.51. The second-order valence-corrected chi connectivity index (χ2v) is 8.54. The molecule has 0 spiro atoms. The van der Waals surface area contributed by atoms with Gasteiger partial charge in [-0.25, -0.2) is 0 Å². The molecule has 1 aliphatic heterocycles. The van der Waals surface area contributed by atoms with Crippen LogP contribution in [0.1, 0.15) is 36.1 Å². The quantitative estimate of drug-likeness (QED) is 0.621. The van der Waals surface area contributed by atoms with E-state index in [0.29, 0.717) is 12.5 Å². The first-order valence-corrected chi connectivity index (χ1v) is 10.1. The summed E-state index contributed by atoms with van der Waals surface area (Å²) in [7, 11) is 1.82. The first-order valence-electron chi connectivity index (χ1n) is 8.93. The molecule has 1 saturated heterocycles. The van der Waals surface area contributed by atoms with Crippen LogP contribution in [-0.2, 0) is 13.1 Å². The van der Waals surface area contributed by atoms with Crippen LogP contribution >= 0.6 is 22.9 Å². The molecule has 3 heterocycles. The average Bonchev–Trinajstić information content (AvgIpc) is 3.26. The molecule has 2 aromatic heterocycles. The van der Waals surface area contributed by atoms with Crippen molar-refractivity contribution in [2.24, 2.45) is 4.99 Å². The zero-order chi connectivity index (χ0) is 18.5. The Bertz CT molecular complexity index is 734.